The number of aromatic nitrogens is 3. The van der Waals surface area contributed by atoms with Crippen LogP contribution in [-0.2, 0) is 21.2 Å². The first kappa shape index (κ1) is 20.4. The fourth-order valence-corrected chi connectivity index (χ4v) is 6.43. The maximum Gasteiger partial charge on any atom is 0.235 e. The van der Waals surface area contributed by atoms with Gasteiger partial charge in [0.25, 0.3) is 0 Å². The molecule has 29 heavy (non-hydrogen) atoms. The monoisotopic (exact) mass is 434 g/mol. The molecule has 2 aromatic rings. The quantitative estimate of drug-likeness (QED) is 0.622. The zero-order chi connectivity index (χ0) is 20.6. The Balaban J connectivity index is 1.49. The minimum absolute atomic E-state index is 0.0582. The predicted molar refractivity (Wildman–Crippen MR) is 113 cm³/mol. The van der Waals surface area contributed by atoms with Crippen molar-refractivity contribution in [1.82, 2.24) is 19.7 Å². The summed E-state index contributed by atoms with van der Waals surface area (Å²) in [5.74, 6) is 1.60. The first-order chi connectivity index (χ1) is 13.8. The number of rotatable bonds is 7. The van der Waals surface area contributed by atoms with Crippen molar-refractivity contribution in [2.24, 2.45) is 0 Å². The summed E-state index contributed by atoms with van der Waals surface area (Å²) in [6.07, 6.45) is 2.77. The number of nitrogens with zero attached hydrogens (tertiary/aromatic N) is 4. The zero-order valence-corrected chi connectivity index (χ0v) is 18.3. The summed E-state index contributed by atoms with van der Waals surface area (Å²) in [5, 5.41) is 9.17. The van der Waals surface area contributed by atoms with Gasteiger partial charge in [0.2, 0.25) is 5.91 Å². The van der Waals surface area contributed by atoms with E-state index < -0.39 is 9.84 Å². The molecule has 9 heteroatoms. The first-order valence-electron chi connectivity index (χ1n) is 9.95. The van der Waals surface area contributed by atoms with E-state index in [0.717, 1.165) is 23.8 Å². The minimum Gasteiger partial charge on any atom is -0.341 e. The Hall–Kier alpha value is -1.87. The second-order valence-electron chi connectivity index (χ2n) is 7.95. The molecule has 4 rings (SSSR count). The van der Waals surface area contributed by atoms with Gasteiger partial charge in [-0.25, -0.2) is 8.42 Å². The highest BCUT2D eigenvalue weighted by molar-refractivity contribution is 8.00. The summed E-state index contributed by atoms with van der Waals surface area (Å²) in [5.41, 5.74) is 1.17. The van der Waals surface area contributed by atoms with Crippen LogP contribution < -0.4 is 0 Å². The van der Waals surface area contributed by atoms with Crippen molar-refractivity contribution in [3.05, 3.63) is 41.7 Å². The molecule has 0 radical (unpaired) electrons. The Labute approximate surface area is 175 Å². The number of thioether (sulfide) groups is 1. The van der Waals surface area contributed by atoms with Crippen LogP contribution in [0.4, 0.5) is 0 Å². The van der Waals surface area contributed by atoms with Crippen molar-refractivity contribution < 1.29 is 13.2 Å². The number of carbonyl (C=O) groups is 1. The lowest BCUT2D eigenvalue weighted by Gasteiger charge is -2.26. The minimum atomic E-state index is -3.03. The van der Waals surface area contributed by atoms with Crippen molar-refractivity contribution in [3.8, 4) is 0 Å². The molecular weight excluding hydrogens is 408 g/mol. The maximum absolute atomic E-state index is 12.9. The normalized spacial score (nSPS) is 21.8. The predicted octanol–water partition coefficient (Wildman–Crippen LogP) is 2.33. The molecule has 2 fully saturated rings. The molecule has 156 valence electrons. The van der Waals surface area contributed by atoms with E-state index in [1.807, 2.05) is 25.1 Å². The van der Waals surface area contributed by atoms with Gasteiger partial charge in [-0.1, -0.05) is 42.1 Å². The Bertz CT molecular complexity index is 986. The van der Waals surface area contributed by atoms with E-state index in [-0.39, 0.29) is 28.7 Å². The Kier molecular flexibility index (Phi) is 5.70. The van der Waals surface area contributed by atoms with Gasteiger partial charge in [0, 0.05) is 19.0 Å². The second kappa shape index (κ2) is 8.10. The van der Waals surface area contributed by atoms with Gasteiger partial charge < -0.3 is 9.47 Å². The summed E-state index contributed by atoms with van der Waals surface area (Å²) in [4.78, 5) is 14.5. The number of carbonyl (C=O) groups excluding carboxylic acids is 1. The lowest BCUT2D eigenvalue weighted by atomic mass is 10.2. The highest BCUT2D eigenvalue weighted by atomic mass is 32.2. The summed E-state index contributed by atoms with van der Waals surface area (Å²) in [6.45, 7) is 2.53. The highest BCUT2D eigenvalue weighted by Crippen LogP contribution is 2.40. The molecular formula is C20H26N4O3S2. The third-order valence-corrected chi connectivity index (χ3v) is 8.42. The van der Waals surface area contributed by atoms with E-state index in [1.165, 1.54) is 17.3 Å². The molecule has 2 aliphatic rings. The largest absolute Gasteiger partial charge is 0.341 e. The molecule has 1 amide bonds. The molecule has 1 aromatic carbocycles. The molecule has 0 N–H and O–H groups in total. The summed E-state index contributed by atoms with van der Waals surface area (Å²) >= 11 is 1.40. The van der Waals surface area contributed by atoms with Crippen LogP contribution in [0.15, 0.2) is 35.5 Å². The Morgan fingerprint density at radius 2 is 1.97 bits per heavy atom. The third kappa shape index (κ3) is 4.66. The fourth-order valence-electron chi connectivity index (χ4n) is 3.70. The molecule has 0 spiro atoms. The van der Waals surface area contributed by atoms with Gasteiger partial charge in [0.1, 0.15) is 5.82 Å². The molecule has 1 saturated carbocycles. The van der Waals surface area contributed by atoms with Crippen molar-refractivity contribution in [2.45, 2.75) is 55.1 Å². The smallest absolute Gasteiger partial charge is 0.235 e. The van der Waals surface area contributed by atoms with Crippen LogP contribution in [0.2, 0.25) is 0 Å². The van der Waals surface area contributed by atoms with Gasteiger partial charge in [-0.2, -0.15) is 0 Å². The summed E-state index contributed by atoms with van der Waals surface area (Å²) < 4.78 is 25.6. The Morgan fingerprint density at radius 3 is 2.59 bits per heavy atom. The number of amides is 1. The van der Waals surface area contributed by atoms with Crippen LogP contribution in [0.1, 0.15) is 43.5 Å². The van der Waals surface area contributed by atoms with Gasteiger partial charge in [0.15, 0.2) is 15.0 Å². The molecule has 0 bridgehead atoms. The third-order valence-electron chi connectivity index (χ3n) is 5.61. The average molecular weight is 435 g/mol. The zero-order valence-electron chi connectivity index (χ0n) is 16.7. The van der Waals surface area contributed by atoms with Gasteiger partial charge in [-0.05, 0) is 31.7 Å². The van der Waals surface area contributed by atoms with Gasteiger partial charge in [-0.15, -0.1) is 10.2 Å². The van der Waals surface area contributed by atoms with Crippen LogP contribution >= 0.6 is 11.8 Å². The van der Waals surface area contributed by atoms with Gasteiger partial charge in [0.05, 0.1) is 23.3 Å². The average Bonchev–Trinajstić information content (AvgIpc) is 3.38. The first-order valence-corrected chi connectivity index (χ1v) is 12.6. The molecule has 0 unspecified atom stereocenters. The van der Waals surface area contributed by atoms with Crippen molar-refractivity contribution in [3.63, 3.8) is 0 Å². The van der Waals surface area contributed by atoms with E-state index in [4.69, 9.17) is 0 Å². The van der Waals surface area contributed by atoms with Crippen LogP contribution in [0.25, 0.3) is 0 Å². The summed E-state index contributed by atoms with van der Waals surface area (Å²) in [7, 11) is -1.32. The molecule has 1 aliphatic heterocycles. The topological polar surface area (TPSA) is 85.2 Å². The maximum atomic E-state index is 12.9. The number of benzene rings is 1. The fraction of sp³-hybridized carbons (Fsp3) is 0.550. The lowest BCUT2D eigenvalue weighted by Crippen LogP contribution is -2.41. The lowest BCUT2D eigenvalue weighted by molar-refractivity contribution is -0.130. The Morgan fingerprint density at radius 1 is 1.24 bits per heavy atom. The standard InChI is InChI=1S/C20H26N4O3S2/c1-14(19(25)23(2)17-10-11-29(26,27)13-17)28-20-22-21-18(16-8-9-16)24(20)12-15-6-4-3-5-7-15/h3-7,14,16-17H,8-13H2,1-2H3/t14-,17-/m1/s1. The van der Waals surface area contributed by atoms with E-state index >= 15 is 0 Å². The van der Waals surface area contributed by atoms with Crippen LogP contribution in [-0.4, -0.2) is 63.8 Å². The molecule has 1 aromatic heterocycles. The van der Waals surface area contributed by atoms with Crippen molar-refractivity contribution in [2.75, 3.05) is 18.6 Å². The number of hydrogen-bond acceptors (Lipinski definition) is 6. The van der Waals surface area contributed by atoms with E-state index in [9.17, 15) is 13.2 Å². The number of sulfone groups is 1. The van der Waals surface area contributed by atoms with Gasteiger partial charge >= 0.3 is 0 Å². The second-order valence-corrected chi connectivity index (χ2v) is 11.5. The van der Waals surface area contributed by atoms with E-state index in [1.54, 1.807) is 11.9 Å². The molecule has 2 heterocycles. The highest BCUT2D eigenvalue weighted by Gasteiger charge is 2.35. The van der Waals surface area contributed by atoms with E-state index in [2.05, 4.69) is 26.9 Å². The van der Waals surface area contributed by atoms with Crippen molar-refractivity contribution in [1.29, 1.82) is 0 Å². The SMILES string of the molecule is C[C@@H](Sc1nnc(C2CC2)n1Cc1ccccc1)C(=O)N(C)[C@@H]1CCS(=O)(=O)C1. The molecule has 1 saturated heterocycles. The van der Waals surface area contributed by atoms with Crippen molar-refractivity contribution >= 4 is 27.5 Å². The van der Waals surface area contributed by atoms with Gasteiger partial charge in [-0.3, -0.25) is 4.79 Å². The van der Waals surface area contributed by atoms with E-state index in [0.29, 0.717) is 18.9 Å². The molecule has 1 aliphatic carbocycles. The molecule has 2 atom stereocenters. The van der Waals surface area contributed by atoms with Crippen LogP contribution in [0.5, 0.6) is 0 Å². The molecule has 7 nitrogen and oxygen atoms in total. The summed E-state index contributed by atoms with van der Waals surface area (Å²) in [6, 6.07) is 9.94. The van der Waals surface area contributed by atoms with Crippen LogP contribution in [0.3, 0.4) is 0 Å². The number of hydrogen-bond donors (Lipinski definition) is 0. The van der Waals surface area contributed by atoms with Crippen LogP contribution in [0, 0.1) is 0 Å².